The summed E-state index contributed by atoms with van der Waals surface area (Å²) in [4.78, 5) is 30.0. The zero-order chi connectivity index (χ0) is 28.8. The first-order chi connectivity index (χ1) is 20.0. The molecule has 0 bridgehead atoms. The minimum atomic E-state index is -1.15. The maximum absolute atomic E-state index is 14.4. The highest BCUT2D eigenvalue weighted by Gasteiger charge is 2.37. The third kappa shape index (κ3) is 5.80. The summed E-state index contributed by atoms with van der Waals surface area (Å²) < 4.78 is 24.2. The van der Waals surface area contributed by atoms with E-state index in [0.717, 1.165) is 12.8 Å². The van der Waals surface area contributed by atoms with Crippen molar-refractivity contribution in [2.45, 2.75) is 31.5 Å². The van der Waals surface area contributed by atoms with Crippen molar-refractivity contribution < 1.29 is 28.5 Å². The van der Waals surface area contributed by atoms with E-state index in [0.29, 0.717) is 52.7 Å². The van der Waals surface area contributed by atoms with E-state index in [2.05, 4.69) is 15.6 Å². The summed E-state index contributed by atoms with van der Waals surface area (Å²) in [6.07, 6.45) is 1.69. The van der Waals surface area contributed by atoms with Crippen molar-refractivity contribution in [1.29, 1.82) is 0 Å². The molecule has 11 nitrogen and oxygen atoms in total. The molecule has 3 aromatic carbocycles. The van der Waals surface area contributed by atoms with Crippen LogP contribution in [0.1, 0.15) is 24.4 Å². The van der Waals surface area contributed by atoms with E-state index < -0.39 is 17.9 Å². The molecule has 0 unspecified atom stereocenters. The summed E-state index contributed by atoms with van der Waals surface area (Å²) in [6, 6.07) is 18.5. The van der Waals surface area contributed by atoms with Crippen LogP contribution in [0.15, 0.2) is 66.7 Å². The second-order valence-electron chi connectivity index (χ2n) is 9.54. The van der Waals surface area contributed by atoms with Gasteiger partial charge in [-0.3, -0.25) is 14.5 Å². The molecule has 1 N–H and O–H groups in total. The van der Waals surface area contributed by atoms with E-state index in [9.17, 15) is 9.59 Å². The smallest absolute Gasteiger partial charge is 0.249 e. The first-order valence-corrected chi connectivity index (χ1v) is 13.4. The number of anilines is 1. The number of carbonyl (C=O) groups is 2. The van der Waals surface area contributed by atoms with Gasteiger partial charge in [-0.15, -0.1) is 5.10 Å². The van der Waals surface area contributed by atoms with Crippen molar-refractivity contribution in [3.8, 4) is 17.2 Å². The molecule has 1 aromatic heterocycles. The molecule has 1 aliphatic rings. The molecule has 1 aliphatic heterocycles. The Bertz CT molecular complexity index is 1520. The van der Waals surface area contributed by atoms with Gasteiger partial charge in [0.1, 0.15) is 23.9 Å². The molecular formula is C30H33N5O6. The number of para-hydroxylation sites is 4. The highest BCUT2D eigenvalue weighted by atomic mass is 16.5. The number of ether oxygens (including phenoxy) is 4. The Morgan fingerprint density at radius 1 is 1.00 bits per heavy atom. The summed E-state index contributed by atoms with van der Waals surface area (Å²) in [6.45, 7) is 0.787. The van der Waals surface area contributed by atoms with Crippen LogP contribution in [0, 0.1) is 0 Å². The lowest BCUT2D eigenvalue weighted by Crippen LogP contribution is -2.47. The average Bonchev–Trinajstić information content (AvgIpc) is 3.68. The van der Waals surface area contributed by atoms with E-state index in [4.69, 9.17) is 18.9 Å². The fraction of sp³-hybridized carbons (Fsp3) is 0.333. The third-order valence-corrected chi connectivity index (χ3v) is 7.08. The van der Waals surface area contributed by atoms with Crippen LogP contribution in [0.5, 0.6) is 17.2 Å². The van der Waals surface area contributed by atoms with Gasteiger partial charge in [0.25, 0.3) is 0 Å². The molecule has 1 saturated heterocycles. The molecule has 0 aliphatic carbocycles. The van der Waals surface area contributed by atoms with Crippen LogP contribution >= 0.6 is 0 Å². The van der Waals surface area contributed by atoms with Crippen molar-refractivity contribution >= 4 is 28.5 Å². The van der Waals surface area contributed by atoms with Crippen LogP contribution < -0.4 is 24.4 Å². The van der Waals surface area contributed by atoms with Crippen LogP contribution in [0.25, 0.3) is 11.0 Å². The van der Waals surface area contributed by atoms with Gasteiger partial charge in [0, 0.05) is 18.7 Å². The van der Waals surface area contributed by atoms with Crippen LogP contribution in [0.4, 0.5) is 5.69 Å². The molecular weight excluding hydrogens is 526 g/mol. The lowest BCUT2D eigenvalue weighted by atomic mass is 10.0. The third-order valence-electron chi connectivity index (χ3n) is 7.08. The van der Waals surface area contributed by atoms with E-state index >= 15 is 0 Å². The van der Waals surface area contributed by atoms with Crippen LogP contribution in [-0.2, 0) is 20.9 Å². The second-order valence-corrected chi connectivity index (χ2v) is 9.54. The Morgan fingerprint density at radius 2 is 1.76 bits per heavy atom. The van der Waals surface area contributed by atoms with Gasteiger partial charge in [-0.25, -0.2) is 4.68 Å². The van der Waals surface area contributed by atoms with Gasteiger partial charge < -0.3 is 24.3 Å². The van der Waals surface area contributed by atoms with Crippen molar-refractivity contribution in [2.75, 3.05) is 39.4 Å². The topological polar surface area (TPSA) is 117 Å². The Hall–Kier alpha value is -4.64. The zero-order valence-corrected chi connectivity index (χ0v) is 23.3. The predicted molar refractivity (Wildman–Crippen MR) is 152 cm³/mol. The van der Waals surface area contributed by atoms with Crippen molar-refractivity contribution in [2.24, 2.45) is 0 Å². The average molecular weight is 560 g/mol. The minimum Gasteiger partial charge on any atom is -0.495 e. The number of nitrogens with one attached hydrogen (secondary N) is 1. The number of hydrogen-bond acceptors (Lipinski definition) is 8. The van der Waals surface area contributed by atoms with Crippen LogP contribution in [0.2, 0.25) is 0 Å². The van der Waals surface area contributed by atoms with Crippen molar-refractivity contribution in [1.82, 2.24) is 20.3 Å². The number of amides is 2. The number of rotatable bonds is 11. The molecule has 2 heterocycles. The molecule has 5 rings (SSSR count). The summed E-state index contributed by atoms with van der Waals surface area (Å²) >= 11 is 0. The number of benzene rings is 3. The molecule has 4 aromatic rings. The molecule has 2 atom stereocenters. The van der Waals surface area contributed by atoms with Gasteiger partial charge in [-0.2, -0.15) is 0 Å². The molecule has 0 spiro atoms. The van der Waals surface area contributed by atoms with Gasteiger partial charge >= 0.3 is 0 Å². The Morgan fingerprint density at radius 3 is 2.51 bits per heavy atom. The monoisotopic (exact) mass is 559 g/mol. The quantitative estimate of drug-likeness (QED) is 0.297. The molecule has 11 heteroatoms. The Balaban J connectivity index is 1.63. The molecule has 214 valence electrons. The van der Waals surface area contributed by atoms with Crippen molar-refractivity contribution in [3.63, 3.8) is 0 Å². The lowest BCUT2D eigenvalue weighted by Gasteiger charge is -2.33. The second kappa shape index (κ2) is 12.7. The SMILES string of the molecule is COc1ccccc1N(C(=O)Cn1nnc2ccccc21)[C@@H](C(=O)NC[C@H]1CCCO1)c1cccc(OC)c1OC. The van der Waals surface area contributed by atoms with Crippen LogP contribution in [-0.4, -0.2) is 67.4 Å². The molecule has 0 saturated carbocycles. The van der Waals surface area contributed by atoms with Gasteiger partial charge in [0.2, 0.25) is 11.8 Å². The Labute approximate surface area is 237 Å². The van der Waals surface area contributed by atoms with E-state index in [1.54, 1.807) is 42.5 Å². The van der Waals surface area contributed by atoms with Crippen LogP contribution in [0.3, 0.4) is 0 Å². The zero-order valence-electron chi connectivity index (χ0n) is 23.3. The largest absolute Gasteiger partial charge is 0.495 e. The van der Waals surface area contributed by atoms with Crippen molar-refractivity contribution in [3.05, 3.63) is 72.3 Å². The highest BCUT2D eigenvalue weighted by molar-refractivity contribution is 6.03. The number of nitrogens with zero attached hydrogens (tertiary/aromatic N) is 4. The number of fused-ring (bicyclic) bond motifs is 1. The minimum absolute atomic E-state index is 0.0938. The number of hydrogen-bond donors (Lipinski definition) is 1. The Kier molecular flexibility index (Phi) is 8.64. The van der Waals surface area contributed by atoms with Gasteiger partial charge in [0.15, 0.2) is 11.5 Å². The summed E-state index contributed by atoms with van der Waals surface area (Å²) in [5.74, 6) is 0.368. The maximum atomic E-state index is 14.4. The maximum Gasteiger partial charge on any atom is 0.249 e. The molecule has 2 amide bonds. The predicted octanol–water partition coefficient (Wildman–Crippen LogP) is 3.53. The van der Waals surface area contributed by atoms with Gasteiger partial charge in [-0.05, 0) is 43.2 Å². The first kappa shape index (κ1) is 27.9. The van der Waals surface area contributed by atoms with E-state index in [-0.39, 0.29) is 12.6 Å². The summed E-state index contributed by atoms with van der Waals surface area (Å²) in [5.41, 5.74) is 2.20. The summed E-state index contributed by atoms with van der Waals surface area (Å²) in [7, 11) is 4.54. The lowest BCUT2D eigenvalue weighted by molar-refractivity contribution is -0.127. The normalized spacial score (nSPS) is 15.3. The van der Waals surface area contributed by atoms with Gasteiger partial charge in [0.05, 0.1) is 38.6 Å². The van der Waals surface area contributed by atoms with Gasteiger partial charge in [-0.1, -0.05) is 41.6 Å². The fourth-order valence-corrected chi connectivity index (χ4v) is 5.13. The fourth-order valence-electron chi connectivity index (χ4n) is 5.13. The molecule has 1 fully saturated rings. The number of aromatic nitrogens is 3. The number of carbonyl (C=O) groups excluding carboxylic acids is 2. The van der Waals surface area contributed by atoms with E-state index in [1.807, 2.05) is 24.3 Å². The number of methoxy groups -OCH3 is 3. The molecule has 0 radical (unpaired) electrons. The molecule has 41 heavy (non-hydrogen) atoms. The first-order valence-electron chi connectivity index (χ1n) is 13.4. The standard InChI is InChI=1S/C30H33N5O6/c1-38-25-15-7-6-14-24(25)35(27(36)19-34-23-13-5-4-12-22(23)32-33-34)28(30(37)31-18-20-10-9-17-41-20)21-11-8-16-26(39-2)29(21)40-3/h4-8,11-16,20,28H,9-10,17-19H2,1-3H3,(H,31,37)/t20-,28-/m1/s1. The summed E-state index contributed by atoms with van der Waals surface area (Å²) in [5, 5.41) is 11.4. The highest BCUT2D eigenvalue weighted by Crippen LogP contribution is 2.41. The van der Waals surface area contributed by atoms with E-state index in [1.165, 1.54) is 30.9 Å².